The van der Waals surface area contributed by atoms with Crippen LogP contribution in [0.15, 0.2) is 42.5 Å². The first-order valence-corrected chi connectivity index (χ1v) is 27.0. The van der Waals surface area contributed by atoms with Crippen molar-refractivity contribution in [2.24, 2.45) is 5.92 Å². The number of ether oxygens (including phenoxy) is 3. The Kier molecular flexibility index (Phi) is 15.2. The Morgan fingerprint density at radius 2 is 1.91 bits per heavy atom. The molecule has 0 unspecified atom stereocenters. The monoisotopic (exact) mass is 1020 g/mol. The molecule has 8 rings (SSSR count). The minimum absolute atomic E-state index is 0.0320. The molecular weight excluding hydrogens is 956 g/mol. The molecule has 2 saturated carbocycles. The molecule has 1 aromatic heterocycles. The molecule has 352 valence electrons. The van der Waals surface area contributed by atoms with Crippen LogP contribution in [0.1, 0.15) is 102 Å². The fourth-order valence-electron chi connectivity index (χ4n) is 8.86. The number of amides is 3. The molecule has 1 aromatic carbocycles. The third-order valence-electron chi connectivity index (χ3n) is 13.3. The minimum atomic E-state index is -3.99. The van der Waals surface area contributed by atoms with Crippen molar-refractivity contribution in [2.45, 2.75) is 134 Å². The Morgan fingerprint density at radius 3 is 2.67 bits per heavy atom. The number of fused-ring (bicyclic) bond motifs is 3. The second kappa shape index (κ2) is 20.6. The number of unbranched alkanes of at least 4 members (excludes halogenated alkanes) is 1. The zero-order valence-corrected chi connectivity index (χ0v) is 39.7. The quantitative estimate of drug-likeness (QED) is 0.0362. The third kappa shape index (κ3) is 11.4. The summed E-state index contributed by atoms with van der Waals surface area (Å²) in [7, 11) is -3.99. The topological polar surface area (TPSA) is 209 Å². The molecule has 5 heterocycles. The summed E-state index contributed by atoms with van der Waals surface area (Å²) in [6, 6.07) is 5.58. The predicted octanol–water partition coefficient (Wildman–Crippen LogP) is 0.307. The molecule has 0 spiro atoms. The number of nitrogens with zero attached hydrogens (tertiary/aromatic N) is 3. The molecule has 0 radical (unpaired) electrons. The summed E-state index contributed by atoms with van der Waals surface area (Å²) in [5.74, 6) is -0.108. The molecule has 5 N–H and O–H groups in total. The Balaban J connectivity index is 1.09. The van der Waals surface area contributed by atoms with E-state index in [0.717, 1.165) is 76.3 Å². The molecule has 5 atom stereocenters. The molecule has 6 aliphatic rings. The molecule has 16 nitrogen and oxygen atoms in total. The van der Waals surface area contributed by atoms with Crippen molar-refractivity contribution in [1.82, 2.24) is 30.1 Å². The van der Waals surface area contributed by atoms with Crippen molar-refractivity contribution in [3.05, 3.63) is 48.1 Å². The van der Waals surface area contributed by atoms with E-state index in [9.17, 15) is 33.0 Å². The SMILES string of the molecule is CC1(S(=O)(=O)NC(=O)[C@]23NC(=O)[C@@H]4C[C@@H](Oc5nc6ccccc6c(OCCCN6CCOCC6)c5/C=C/CCCC5CC5)CN4C(=O)[C@@H](NC(O)O)CCCCC/C=C\[C@@H]2[I-]3)CC1. The summed E-state index contributed by atoms with van der Waals surface area (Å²) >= 11 is -1.05. The number of para-hydroxylation sites is 1. The summed E-state index contributed by atoms with van der Waals surface area (Å²) in [6.07, 6.45) is 15.9. The number of sulfonamides is 1. The zero-order chi connectivity index (χ0) is 44.9. The standard InChI is InChI=1S/C46H64IN6O10S/c1-45(21-22-45)64(59,60)51-43(56)46-38(47-46)18-9-4-2-3-8-17-36(49-44(57)58)42(55)53-30-32(29-37(53)40(54)50-46)63-41-34(15-7-5-6-13-31-19-20-31)39(33-14-10-11-16-35(33)48-41)62-26-12-23-52-24-27-61-28-25-52/h7,9-11,14-16,18,31-32,36-38,44,49,57-58H,2-6,8,12-13,17,19-30H2,1H3,(H,50,54)(H,51,56)/q-1/b15-7+,18-9-/t32-,36+,37+,38+,46-/m1/s1. The van der Waals surface area contributed by atoms with Crippen LogP contribution in [0.2, 0.25) is 0 Å². The van der Waals surface area contributed by atoms with E-state index < -0.39 is 81.8 Å². The first kappa shape index (κ1) is 47.1. The maximum atomic E-state index is 14.7. The van der Waals surface area contributed by atoms with Gasteiger partial charge in [0.25, 0.3) is 0 Å². The summed E-state index contributed by atoms with van der Waals surface area (Å²) in [4.78, 5) is 52.0. The van der Waals surface area contributed by atoms with Crippen molar-refractivity contribution < 1.29 is 68.4 Å². The maximum absolute atomic E-state index is 14.7. The molecule has 5 fully saturated rings. The molecular formula is C46H64IN6O10S-. The number of aliphatic hydroxyl groups excluding tert-OH is 1. The molecule has 4 aliphatic heterocycles. The molecule has 3 saturated heterocycles. The van der Waals surface area contributed by atoms with E-state index in [1.54, 1.807) is 6.92 Å². The first-order chi connectivity index (χ1) is 30.9. The van der Waals surface area contributed by atoms with E-state index in [-0.39, 0.29) is 16.9 Å². The van der Waals surface area contributed by atoms with Gasteiger partial charge in [-0.05, 0) is 18.8 Å². The van der Waals surface area contributed by atoms with Gasteiger partial charge in [0.15, 0.2) is 0 Å². The molecule has 64 heavy (non-hydrogen) atoms. The first-order valence-electron chi connectivity index (χ1n) is 23.2. The number of halogens is 1. The second-order valence-corrected chi connectivity index (χ2v) is 24.2. The van der Waals surface area contributed by atoms with Crippen LogP contribution < -0.4 is 46.0 Å². The van der Waals surface area contributed by atoms with Crippen molar-refractivity contribution >= 4 is 44.7 Å². The number of benzene rings is 1. The number of aromatic nitrogens is 1. The number of alkyl halides is 2. The number of aliphatic hydroxyl groups is 2. The van der Waals surface area contributed by atoms with Crippen LogP contribution in [0, 0.1) is 5.92 Å². The van der Waals surface area contributed by atoms with Crippen LogP contribution in [-0.4, -0.2) is 134 Å². The Bertz CT molecular complexity index is 2180. The van der Waals surface area contributed by atoms with E-state index in [0.29, 0.717) is 61.4 Å². The number of morpholine rings is 1. The zero-order valence-electron chi connectivity index (χ0n) is 36.7. The third-order valence-corrected chi connectivity index (χ3v) is 19.2. The summed E-state index contributed by atoms with van der Waals surface area (Å²) in [5, 5.41) is 26.4. The van der Waals surface area contributed by atoms with Crippen LogP contribution in [0.4, 0.5) is 0 Å². The van der Waals surface area contributed by atoms with E-state index in [1.807, 2.05) is 42.5 Å². The molecule has 2 aliphatic carbocycles. The molecule has 0 bridgehead atoms. The van der Waals surface area contributed by atoms with Gasteiger partial charge in [0.05, 0.1) is 13.2 Å². The van der Waals surface area contributed by atoms with Gasteiger partial charge in [0.1, 0.15) is 0 Å². The van der Waals surface area contributed by atoms with Crippen molar-refractivity contribution in [3.63, 3.8) is 0 Å². The van der Waals surface area contributed by atoms with E-state index in [4.69, 9.17) is 19.2 Å². The van der Waals surface area contributed by atoms with Gasteiger partial charge in [-0.15, -0.1) is 0 Å². The van der Waals surface area contributed by atoms with Gasteiger partial charge in [-0.25, -0.2) is 0 Å². The molecule has 3 amide bonds. The van der Waals surface area contributed by atoms with Crippen molar-refractivity contribution in [2.75, 3.05) is 46.0 Å². The van der Waals surface area contributed by atoms with Gasteiger partial charge in [0.2, 0.25) is 0 Å². The van der Waals surface area contributed by atoms with Gasteiger partial charge in [-0.3, -0.25) is 4.90 Å². The Hall–Kier alpha value is -3.40. The van der Waals surface area contributed by atoms with Crippen LogP contribution in [-0.2, 0) is 29.1 Å². The molecule has 2 aromatic rings. The predicted molar refractivity (Wildman–Crippen MR) is 236 cm³/mol. The van der Waals surface area contributed by atoms with Gasteiger partial charge in [-0.1, -0.05) is 25.3 Å². The van der Waals surface area contributed by atoms with E-state index in [1.165, 1.54) is 24.2 Å². The number of pyridine rings is 1. The van der Waals surface area contributed by atoms with Crippen molar-refractivity contribution in [1.29, 1.82) is 0 Å². The van der Waals surface area contributed by atoms with Crippen LogP contribution >= 0.6 is 0 Å². The van der Waals surface area contributed by atoms with E-state index >= 15 is 0 Å². The fraction of sp³-hybridized carbons (Fsp3) is 0.652. The number of hydrogen-bond donors (Lipinski definition) is 5. The summed E-state index contributed by atoms with van der Waals surface area (Å²) < 4.78 is 45.1. The number of carbonyl (C=O) groups excluding carboxylic acids is 3. The molecule has 18 heteroatoms. The van der Waals surface area contributed by atoms with Crippen LogP contribution in [0.5, 0.6) is 11.6 Å². The number of allylic oxidation sites excluding steroid dienone is 2. The summed E-state index contributed by atoms with van der Waals surface area (Å²) in [6.45, 7) is 6.12. The van der Waals surface area contributed by atoms with Gasteiger partial charge >= 0.3 is 302 Å². The van der Waals surface area contributed by atoms with Crippen molar-refractivity contribution in [3.8, 4) is 11.6 Å². The Morgan fingerprint density at radius 1 is 1.11 bits per heavy atom. The number of hydrogen-bond acceptors (Lipinski definition) is 13. The normalized spacial score (nSPS) is 28.3. The average Bonchev–Trinajstić information content (AvgIpc) is 4.23. The number of carbonyl (C=O) groups is 3. The second-order valence-electron chi connectivity index (χ2n) is 18.3. The summed E-state index contributed by atoms with van der Waals surface area (Å²) in [5.41, 5.74) is 1.33. The number of rotatable bonds is 17. The average molecular weight is 1020 g/mol. The number of nitrogens with one attached hydrogen (secondary N) is 3. The van der Waals surface area contributed by atoms with Gasteiger partial charge in [0, 0.05) is 19.6 Å². The Labute approximate surface area is 386 Å². The van der Waals surface area contributed by atoms with Crippen LogP contribution in [0.25, 0.3) is 17.0 Å². The fourth-order valence-corrected chi connectivity index (χ4v) is 13.2. The van der Waals surface area contributed by atoms with E-state index in [2.05, 4.69) is 26.3 Å². The van der Waals surface area contributed by atoms with Crippen LogP contribution in [0.3, 0.4) is 0 Å². The van der Waals surface area contributed by atoms with Gasteiger partial charge < -0.3 is 4.74 Å². The van der Waals surface area contributed by atoms with Gasteiger partial charge in [-0.2, -0.15) is 0 Å².